The lowest BCUT2D eigenvalue weighted by Gasteiger charge is -2.36. The molecule has 0 spiro atoms. The van der Waals surface area contributed by atoms with E-state index in [4.69, 9.17) is 10.5 Å². The van der Waals surface area contributed by atoms with Gasteiger partial charge >= 0.3 is 0 Å². The molecule has 17 heavy (non-hydrogen) atoms. The normalized spacial score (nSPS) is 22.9. The summed E-state index contributed by atoms with van der Waals surface area (Å²) in [6.07, 6.45) is 2.50. The van der Waals surface area contributed by atoms with E-state index in [0.717, 1.165) is 25.1 Å². The van der Waals surface area contributed by atoms with Gasteiger partial charge in [-0.2, -0.15) is 0 Å². The van der Waals surface area contributed by atoms with Crippen LogP contribution in [-0.4, -0.2) is 24.7 Å². The fourth-order valence-corrected chi connectivity index (χ4v) is 2.02. The van der Waals surface area contributed by atoms with E-state index >= 15 is 0 Å². The van der Waals surface area contributed by atoms with E-state index in [1.807, 2.05) is 19.1 Å². The Morgan fingerprint density at radius 1 is 1.41 bits per heavy atom. The topological polar surface area (TPSA) is 64.3 Å². The van der Waals surface area contributed by atoms with E-state index < -0.39 is 5.91 Å². The molecular weight excluding hydrogens is 216 g/mol. The fourth-order valence-electron chi connectivity index (χ4n) is 2.02. The number of hydrogen-bond acceptors (Lipinski definition) is 3. The average molecular weight is 234 g/mol. The highest BCUT2D eigenvalue weighted by Crippen LogP contribution is 2.26. The molecule has 1 aromatic carbocycles. The molecule has 0 aromatic heterocycles. The lowest BCUT2D eigenvalue weighted by atomic mass is 9.89. The van der Waals surface area contributed by atoms with Gasteiger partial charge in [0.15, 0.2) is 0 Å². The van der Waals surface area contributed by atoms with Crippen LogP contribution in [0.1, 0.15) is 30.1 Å². The number of anilines is 1. The number of primary amides is 1. The highest BCUT2D eigenvalue weighted by molar-refractivity contribution is 5.93. The molecule has 0 radical (unpaired) electrons. The standard InChI is InChI=1S/C13H18N2O2/c1-2-17-12-7-11(8-12)15-10-5-3-9(4-6-10)13(14)16/h3-6,11-12,15H,2,7-8H2,1H3,(H2,14,16). The van der Waals surface area contributed by atoms with Crippen molar-refractivity contribution in [3.63, 3.8) is 0 Å². The fraction of sp³-hybridized carbons (Fsp3) is 0.462. The summed E-state index contributed by atoms with van der Waals surface area (Å²) in [6, 6.07) is 7.72. The zero-order valence-electron chi connectivity index (χ0n) is 9.98. The third-order valence-corrected chi connectivity index (χ3v) is 3.04. The summed E-state index contributed by atoms with van der Waals surface area (Å²) in [5.74, 6) is -0.392. The summed E-state index contributed by atoms with van der Waals surface area (Å²) < 4.78 is 5.50. The van der Waals surface area contributed by atoms with Crippen molar-refractivity contribution in [1.29, 1.82) is 0 Å². The molecule has 1 aliphatic carbocycles. The maximum absolute atomic E-state index is 10.9. The van der Waals surface area contributed by atoms with Gasteiger partial charge in [-0.25, -0.2) is 0 Å². The maximum Gasteiger partial charge on any atom is 0.248 e. The smallest absolute Gasteiger partial charge is 0.248 e. The van der Waals surface area contributed by atoms with Gasteiger partial charge in [0, 0.05) is 23.9 Å². The molecule has 0 aliphatic heterocycles. The van der Waals surface area contributed by atoms with Crippen molar-refractivity contribution in [3.8, 4) is 0 Å². The van der Waals surface area contributed by atoms with Crippen LogP contribution < -0.4 is 11.1 Å². The van der Waals surface area contributed by atoms with Crippen molar-refractivity contribution >= 4 is 11.6 Å². The van der Waals surface area contributed by atoms with Crippen LogP contribution in [-0.2, 0) is 4.74 Å². The molecule has 3 N–H and O–H groups in total. The van der Waals surface area contributed by atoms with Gasteiger partial charge in [0.25, 0.3) is 0 Å². The number of carbonyl (C=O) groups is 1. The highest BCUT2D eigenvalue weighted by Gasteiger charge is 2.29. The number of nitrogens with one attached hydrogen (secondary N) is 1. The predicted octanol–water partition coefficient (Wildman–Crippen LogP) is 1.76. The predicted molar refractivity (Wildman–Crippen MR) is 67.0 cm³/mol. The Kier molecular flexibility index (Phi) is 3.64. The van der Waals surface area contributed by atoms with E-state index in [-0.39, 0.29) is 0 Å². The Morgan fingerprint density at radius 2 is 2.06 bits per heavy atom. The molecule has 2 rings (SSSR count). The molecule has 1 fully saturated rings. The van der Waals surface area contributed by atoms with Crippen LogP contribution in [0, 0.1) is 0 Å². The molecule has 92 valence electrons. The number of rotatable bonds is 5. The lowest BCUT2D eigenvalue weighted by molar-refractivity contribution is 0.00299. The van der Waals surface area contributed by atoms with E-state index in [2.05, 4.69) is 5.32 Å². The van der Waals surface area contributed by atoms with Gasteiger partial charge in [-0.05, 0) is 44.0 Å². The van der Waals surface area contributed by atoms with Crippen LogP contribution in [0.25, 0.3) is 0 Å². The summed E-state index contributed by atoms with van der Waals surface area (Å²) in [5, 5.41) is 3.40. The molecule has 0 atom stereocenters. The first kappa shape index (κ1) is 11.9. The first-order valence-corrected chi connectivity index (χ1v) is 5.97. The summed E-state index contributed by atoms with van der Waals surface area (Å²) in [7, 11) is 0. The number of benzene rings is 1. The van der Waals surface area contributed by atoms with Gasteiger partial charge in [0.05, 0.1) is 6.10 Å². The number of amides is 1. The molecular formula is C13H18N2O2. The summed E-state index contributed by atoms with van der Waals surface area (Å²) >= 11 is 0. The molecule has 4 nitrogen and oxygen atoms in total. The Morgan fingerprint density at radius 3 is 2.59 bits per heavy atom. The molecule has 0 unspecified atom stereocenters. The van der Waals surface area contributed by atoms with Crippen molar-refractivity contribution < 1.29 is 9.53 Å². The quantitative estimate of drug-likeness (QED) is 0.816. The minimum Gasteiger partial charge on any atom is -0.382 e. The van der Waals surface area contributed by atoms with Crippen molar-refractivity contribution in [1.82, 2.24) is 0 Å². The van der Waals surface area contributed by atoms with E-state index in [0.29, 0.717) is 17.7 Å². The molecule has 0 bridgehead atoms. The Balaban J connectivity index is 1.82. The van der Waals surface area contributed by atoms with Gasteiger partial charge in [0.2, 0.25) is 5.91 Å². The summed E-state index contributed by atoms with van der Waals surface area (Å²) in [6.45, 7) is 2.80. The number of nitrogens with two attached hydrogens (primary N) is 1. The summed E-state index contributed by atoms with van der Waals surface area (Å²) in [4.78, 5) is 10.9. The van der Waals surface area contributed by atoms with E-state index in [1.165, 1.54) is 0 Å². The molecule has 0 saturated heterocycles. The lowest BCUT2D eigenvalue weighted by Crippen LogP contribution is -2.40. The van der Waals surface area contributed by atoms with Gasteiger partial charge < -0.3 is 15.8 Å². The molecule has 1 aliphatic rings. The molecule has 1 amide bonds. The second-order valence-corrected chi connectivity index (χ2v) is 4.33. The number of hydrogen-bond donors (Lipinski definition) is 2. The molecule has 1 saturated carbocycles. The first-order valence-electron chi connectivity index (χ1n) is 5.97. The van der Waals surface area contributed by atoms with Gasteiger partial charge in [-0.1, -0.05) is 0 Å². The van der Waals surface area contributed by atoms with Crippen molar-refractivity contribution in [2.24, 2.45) is 5.73 Å². The van der Waals surface area contributed by atoms with Gasteiger partial charge in [-0.3, -0.25) is 4.79 Å². The molecule has 1 aromatic rings. The maximum atomic E-state index is 10.9. The third-order valence-electron chi connectivity index (χ3n) is 3.04. The molecule has 4 heteroatoms. The van der Waals surface area contributed by atoms with Crippen LogP contribution in [0.4, 0.5) is 5.69 Å². The highest BCUT2D eigenvalue weighted by atomic mass is 16.5. The Labute approximate surface area is 101 Å². The van der Waals surface area contributed by atoms with E-state index in [9.17, 15) is 4.79 Å². The molecule has 0 heterocycles. The van der Waals surface area contributed by atoms with Crippen LogP contribution in [0.5, 0.6) is 0 Å². The van der Waals surface area contributed by atoms with Gasteiger partial charge in [0.1, 0.15) is 0 Å². The van der Waals surface area contributed by atoms with Crippen LogP contribution in [0.3, 0.4) is 0 Å². The van der Waals surface area contributed by atoms with Gasteiger partial charge in [-0.15, -0.1) is 0 Å². The largest absolute Gasteiger partial charge is 0.382 e. The Hall–Kier alpha value is -1.55. The minimum atomic E-state index is -0.392. The second-order valence-electron chi connectivity index (χ2n) is 4.33. The Bertz CT molecular complexity index is 383. The summed E-state index contributed by atoms with van der Waals surface area (Å²) in [5.41, 5.74) is 6.74. The van der Waals surface area contributed by atoms with Crippen molar-refractivity contribution in [2.45, 2.75) is 31.9 Å². The van der Waals surface area contributed by atoms with E-state index in [1.54, 1.807) is 12.1 Å². The zero-order valence-corrected chi connectivity index (χ0v) is 9.98. The number of ether oxygens (including phenoxy) is 1. The average Bonchev–Trinajstić information content (AvgIpc) is 2.27. The van der Waals surface area contributed by atoms with Crippen molar-refractivity contribution in [2.75, 3.05) is 11.9 Å². The first-order chi connectivity index (χ1) is 8.19. The SMILES string of the molecule is CCOC1CC(Nc2ccc(C(N)=O)cc2)C1. The minimum absolute atomic E-state index is 0.392. The third kappa shape index (κ3) is 2.97. The number of carbonyl (C=O) groups excluding carboxylic acids is 1. The second kappa shape index (κ2) is 5.19. The zero-order chi connectivity index (χ0) is 12.3. The van der Waals surface area contributed by atoms with Crippen LogP contribution in [0.15, 0.2) is 24.3 Å². The van der Waals surface area contributed by atoms with Crippen LogP contribution in [0.2, 0.25) is 0 Å². The monoisotopic (exact) mass is 234 g/mol. The van der Waals surface area contributed by atoms with Crippen LogP contribution >= 0.6 is 0 Å². The van der Waals surface area contributed by atoms with Crippen molar-refractivity contribution in [3.05, 3.63) is 29.8 Å².